The molecule has 2 atom stereocenters. The molecule has 1 aromatic carbocycles. The highest BCUT2D eigenvalue weighted by atomic mass is 35.5. The Labute approximate surface area is 133 Å². The van der Waals surface area contributed by atoms with Gasteiger partial charge >= 0.3 is 0 Å². The van der Waals surface area contributed by atoms with Crippen LogP contribution in [0.15, 0.2) is 30.3 Å². The second kappa shape index (κ2) is 6.07. The normalized spacial score (nSPS) is 19.1. The lowest BCUT2D eigenvalue weighted by Crippen LogP contribution is -2.31. The molecule has 0 bridgehead atoms. The molecule has 20 heavy (non-hydrogen) atoms. The predicted octanol–water partition coefficient (Wildman–Crippen LogP) is 5.26. The van der Waals surface area contributed by atoms with Gasteiger partial charge in [0.15, 0.2) is 0 Å². The van der Waals surface area contributed by atoms with Gasteiger partial charge in [-0.1, -0.05) is 41.4 Å². The van der Waals surface area contributed by atoms with Crippen LogP contribution in [-0.4, -0.2) is 6.04 Å². The SMILES string of the molecule is CC(Cc1ccccc1Cl)NC1CCc2sc(Cl)cc21. The Kier molecular flexibility index (Phi) is 4.37. The molecule has 1 aromatic heterocycles. The Morgan fingerprint density at radius 2 is 2.15 bits per heavy atom. The summed E-state index contributed by atoms with van der Waals surface area (Å²) < 4.78 is 0.903. The maximum atomic E-state index is 6.23. The molecular weight excluding hydrogens is 309 g/mol. The van der Waals surface area contributed by atoms with E-state index in [2.05, 4.69) is 24.4 Å². The third-order valence-electron chi connectivity index (χ3n) is 3.82. The van der Waals surface area contributed by atoms with Crippen LogP contribution in [0.25, 0.3) is 0 Å². The third kappa shape index (κ3) is 3.04. The molecule has 3 rings (SSSR count). The summed E-state index contributed by atoms with van der Waals surface area (Å²) in [6, 6.07) is 11.0. The van der Waals surface area contributed by atoms with Crippen LogP contribution >= 0.6 is 34.5 Å². The second-order valence-corrected chi connectivity index (χ2v) is 7.56. The van der Waals surface area contributed by atoms with Crippen molar-refractivity contribution in [1.82, 2.24) is 5.32 Å². The Balaban J connectivity index is 1.65. The van der Waals surface area contributed by atoms with Crippen molar-refractivity contribution in [2.45, 2.75) is 38.3 Å². The van der Waals surface area contributed by atoms with Crippen LogP contribution < -0.4 is 5.32 Å². The molecule has 1 aliphatic rings. The topological polar surface area (TPSA) is 12.0 Å². The van der Waals surface area contributed by atoms with Gasteiger partial charge in [0, 0.05) is 22.0 Å². The largest absolute Gasteiger partial charge is 0.307 e. The van der Waals surface area contributed by atoms with Crippen molar-refractivity contribution in [3.05, 3.63) is 55.7 Å². The van der Waals surface area contributed by atoms with Gasteiger partial charge in [-0.05, 0) is 49.4 Å². The molecule has 0 radical (unpaired) electrons. The lowest BCUT2D eigenvalue weighted by Gasteiger charge is -2.20. The third-order valence-corrected chi connectivity index (χ3v) is 5.53. The first-order valence-electron chi connectivity index (χ1n) is 6.91. The maximum Gasteiger partial charge on any atom is 0.0934 e. The van der Waals surface area contributed by atoms with Crippen LogP contribution in [0.4, 0.5) is 0 Å². The van der Waals surface area contributed by atoms with Crippen molar-refractivity contribution < 1.29 is 0 Å². The molecule has 0 spiro atoms. The zero-order valence-corrected chi connectivity index (χ0v) is 13.7. The molecular formula is C16H17Cl2NS. The molecule has 1 heterocycles. The fourth-order valence-electron chi connectivity index (χ4n) is 2.90. The summed E-state index contributed by atoms with van der Waals surface area (Å²) in [5.41, 5.74) is 2.60. The van der Waals surface area contributed by atoms with Crippen LogP contribution in [0.3, 0.4) is 0 Å². The number of thiophene rings is 1. The van der Waals surface area contributed by atoms with Gasteiger partial charge < -0.3 is 5.32 Å². The van der Waals surface area contributed by atoms with Crippen molar-refractivity contribution >= 4 is 34.5 Å². The average molecular weight is 326 g/mol. The number of aryl methyl sites for hydroxylation is 1. The molecule has 2 aromatic rings. The number of benzene rings is 1. The van der Waals surface area contributed by atoms with E-state index in [-0.39, 0.29) is 0 Å². The van der Waals surface area contributed by atoms with E-state index in [0.29, 0.717) is 12.1 Å². The molecule has 0 saturated carbocycles. The fraction of sp³-hybridized carbons (Fsp3) is 0.375. The van der Waals surface area contributed by atoms with Crippen LogP contribution in [0.1, 0.15) is 35.4 Å². The number of hydrogen-bond acceptors (Lipinski definition) is 2. The quantitative estimate of drug-likeness (QED) is 0.808. The molecule has 1 N–H and O–H groups in total. The first-order chi connectivity index (χ1) is 9.63. The van der Waals surface area contributed by atoms with Crippen LogP contribution in [0.5, 0.6) is 0 Å². The first-order valence-corrected chi connectivity index (χ1v) is 8.48. The van der Waals surface area contributed by atoms with Crippen LogP contribution in [0.2, 0.25) is 9.36 Å². The molecule has 0 saturated heterocycles. The minimum atomic E-state index is 0.393. The van der Waals surface area contributed by atoms with Gasteiger partial charge in [-0.15, -0.1) is 11.3 Å². The van der Waals surface area contributed by atoms with E-state index < -0.39 is 0 Å². The van der Waals surface area contributed by atoms with E-state index in [1.54, 1.807) is 11.3 Å². The van der Waals surface area contributed by atoms with Gasteiger partial charge in [0.2, 0.25) is 0 Å². The van der Waals surface area contributed by atoms with Crippen LogP contribution in [0, 0.1) is 0 Å². The molecule has 1 aliphatic carbocycles. The number of fused-ring (bicyclic) bond motifs is 1. The maximum absolute atomic E-state index is 6.23. The average Bonchev–Trinajstić information content (AvgIpc) is 2.93. The molecule has 0 amide bonds. The zero-order chi connectivity index (χ0) is 14.1. The smallest absolute Gasteiger partial charge is 0.0934 e. The summed E-state index contributed by atoms with van der Waals surface area (Å²) in [4.78, 5) is 1.44. The van der Waals surface area contributed by atoms with Crippen molar-refractivity contribution in [1.29, 1.82) is 0 Å². The summed E-state index contributed by atoms with van der Waals surface area (Å²) in [6.07, 6.45) is 3.26. The fourth-order valence-corrected chi connectivity index (χ4v) is 4.47. The highest BCUT2D eigenvalue weighted by Gasteiger charge is 2.26. The van der Waals surface area contributed by atoms with E-state index in [1.165, 1.54) is 22.4 Å². The number of hydrogen-bond donors (Lipinski definition) is 1. The van der Waals surface area contributed by atoms with E-state index in [4.69, 9.17) is 23.2 Å². The number of rotatable bonds is 4. The van der Waals surface area contributed by atoms with Gasteiger partial charge in [-0.3, -0.25) is 0 Å². The van der Waals surface area contributed by atoms with Crippen molar-refractivity contribution in [2.75, 3.05) is 0 Å². The Morgan fingerprint density at radius 3 is 2.95 bits per heavy atom. The van der Waals surface area contributed by atoms with E-state index in [0.717, 1.165) is 22.2 Å². The van der Waals surface area contributed by atoms with Gasteiger partial charge in [0.05, 0.1) is 4.34 Å². The van der Waals surface area contributed by atoms with E-state index >= 15 is 0 Å². The summed E-state index contributed by atoms with van der Waals surface area (Å²) >= 11 is 14.0. The van der Waals surface area contributed by atoms with Gasteiger partial charge in [-0.25, -0.2) is 0 Å². The Morgan fingerprint density at radius 1 is 1.35 bits per heavy atom. The highest BCUT2D eigenvalue weighted by molar-refractivity contribution is 7.16. The monoisotopic (exact) mass is 325 g/mol. The summed E-state index contributed by atoms with van der Waals surface area (Å²) in [5.74, 6) is 0. The van der Waals surface area contributed by atoms with Crippen molar-refractivity contribution in [3.8, 4) is 0 Å². The second-order valence-electron chi connectivity index (χ2n) is 5.38. The standard InChI is InChI=1S/C16H17Cl2NS/c1-10(8-11-4-2-3-5-13(11)17)19-14-6-7-15-12(14)9-16(18)20-15/h2-5,9-10,14,19H,6-8H2,1H3. The van der Waals surface area contributed by atoms with Crippen molar-refractivity contribution in [3.63, 3.8) is 0 Å². The van der Waals surface area contributed by atoms with Gasteiger partial charge in [0.1, 0.15) is 0 Å². The highest BCUT2D eigenvalue weighted by Crippen LogP contribution is 2.39. The number of nitrogens with one attached hydrogen (secondary N) is 1. The first kappa shape index (κ1) is 14.4. The summed E-state index contributed by atoms with van der Waals surface area (Å²) in [7, 11) is 0. The lowest BCUT2D eigenvalue weighted by molar-refractivity contribution is 0.451. The minimum Gasteiger partial charge on any atom is -0.307 e. The summed E-state index contributed by atoms with van der Waals surface area (Å²) in [5, 5.41) is 4.57. The lowest BCUT2D eigenvalue weighted by atomic mass is 10.0. The van der Waals surface area contributed by atoms with Gasteiger partial charge in [0.25, 0.3) is 0 Å². The molecule has 1 nitrogen and oxygen atoms in total. The molecule has 0 fully saturated rings. The predicted molar refractivity (Wildman–Crippen MR) is 88.1 cm³/mol. The minimum absolute atomic E-state index is 0.393. The molecule has 0 aliphatic heterocycles. The van der Waals surface area contributed by atoms with E-state index in [9.17, 15) is 0 Å². The zero-order valence-electron chi connectivity index (χ0n) is 11.3. The Bertz CT molecular complexity index is 608. The molecule has 106 valence electrons. The van der Waals surface area contributed by atoms with E-state index in [1.807, 2.05) is 18.2 Å². The van der Waals surface area contributed by atoms with Gasteiger partial charge in [-0.2, -0.15) is 0 Å². The number of halogens is 2. The summed E-state index contributed by atoms with van der Waals surface area (Å²) in [6.45, 7) is 2.22. The Hall–Kier alpha value is -0.540. The van der Waals surface area contributed by atoms with Crippen molar-refractivity contribution in [2.24, 2.45) is 0 Å². The molecule has 4 heteroatoms. The molecule has 2 unspecified atom stereocenters. The van der Waals surface area contributed by atoms with Crippen LogP contribution in [-0.2, 0) is 12.8 Å².